The van der Waals surface area contributed by atoms with Gasteiger partial charge in [-0.05, 0) is 31.2 Å². The van der Waals surface area contributed by atoms with Gasteiger partial charge in [-0.1, -0.05) is 11.6 Å². The Hall–Kier alpha value is -3.33. The normalized spacial score (nSPS) is 10.1. The molecule has 148 valence electrons. The molecule has 0 aliphatic carbocycles. The molecule has 0 aliphatic heterocycles. The third kappa shape index (κ3) is 5.34. The zero-order chi connectivity index (χ0) is 20.7. The summed E-state index contributed by atoms with van der Waals surface area (Å²) in [6, 6.07) is 8.53. The first-order valence-electron chi connectivity index (χ1n) is 8.07. The number of esters is 1. The van der Waals surface area contributed by atoms with Crippen molar-refractivity contribution in [2.24, 2.45) is 0 Å². The molecule has 0 spiro atoms. The number of methoxy groups -OCH3 is 1. The number of carbonyl (C=O) groups excluding carboxylic acids is 2. The molecule has 2 aromatic carbocycles. The zero-order valence-electron chi connectivity index (χ0n) is 15.1. The number of benzene rings is 2. The van der Waals surface area contributed by atoms with Crippen molar-refractivity contribution in [3.05, 3.63) is 57.1 Å². The van der Waals surface area contributed by atoms with Crippen LogP contribution >= 0.6 is 11.6 Å². The van der Waals surface area contributed by atoms with Crippen molar-refractivity contribution in [2.75, 3.05) is 25.6 Å². The number of nitro groups is 1. The van der Waals surface area contributed by atoms with Crippen molar-refractivity contribution in [3.63, 3.8) is 0 Å². The van der Waals surface area contributed by atoms with Gasteiger partial charge in [-0.15, -0.1) is 0 Å². The van der Waals surface area contributed by atoms with Crippen molar-refractivity contribution >= 4 is 34.9 Å². The molecule has 0 unspecified atom stereocenters. The number of amides is 1. The largest absolute Gasteiger partial charge is 0.493 e. The Morgan fingerprint density at radius 2 is 1.86 bits per heavy atom. The second kappa shape index (κ2) is 9.56. The molecule has 9 nitrogen and oxygen atoms in total. The van der Waals surface area contributed by atoms with Gasteiger partial charge in [0.25, 0.3) is 11.6 Å². The first kappa shape index (κ1) is 21.0. The van der Waals surface area contributed by atoms with Gasteiger partial charge in [0.1, 0.15) is 5.56 Å². The summed E-state index contributed by atoms with van der Waals surface area (Å²) in [6.07, 6.45) is 0. The SMILES string of the molecule is CCOc1cc([N+](=O)[O-])c(C(=O)OCC(=O)Nc2ccc(Cl)cc2)cc1OC. The maximum atomic E-state index is 12.3. The first-order valence-corrected chi connectivity index (χ1v) is 8.45. The van der Waals surface area contributed by atoms with E-state index in [0.29, 0.717) is 10.7 Å². The zero-order valence-corrected chi connectivity index (χ0v) is 15.8. The number of carbonyl (C=O) groups is 2. The van der Waals surface area contributed by atoms with Crippen LogP contribution in [0, 0.1) is 10.1 Å². The van der Waals surface area contributed by atoms with Crippen molar-refractivity contribution in [3.8, 4) is 11.5 Å². The van der Waals surface area contributed by atoms with Crippen LogP contribution in [0.1, 0.15) is 17.3 Å². The van der Waals surface area contributed by atoms with Gasteiger partial charge in [0, 0.05) is 16.8 Å². The highest BCUT2D eigenvalue weighted by Gasteiger charge is 2.26. The molecule has 2 aromatic rings. The predicted molar refractivity (Wildman–Crippen MR) is 101 cm³/mol. The van der Waals surface area contributed by atoms with E-state index in [9.17, 15) is 19.7 Å². The summed E-state index contributed by atoms with van der Waals surface area (Å²) in [4.78, 5) is 34.8. The van der Waals surface area contributed by atoms with Gasteiger partial charge in [-0.2, -0.15) is 0 Å². The van der Waals surface area contributed by atoms with Gasteiger partial charge in [0.15, 0.2) is 18.1 Å². The molecule has 1 N–H and O–H groups in total. The average molecular weight is 409 g/mol. The maximum Gasteiger partial charge on any atom is 0.345 e. The topological polar surface area (TPSA) is 117 Å². The van der Waals surface area contributed by atoms with Crippen molar-refractivity contribution in [2.45, 2.75) is 6.92 Å². The van der Waals surface area contributed by atoms with E-state index in [1.54, 1.807) is 31.2 Å². The standard InChI is InChI=1S/C18H17ClN2O7/c1-3-27-16-9-14(21(24)25)13(8-15(16)26-2)18(23)28-10-17(22)20-12-6-4-11(19)5-7-12/h4-9H,3,10H2,1-2H3,(H,20,22). The second-order valence-corrected chi connectivity index (χ2v) is 5.78. The summed E-state index contributed by atoms with van der Waals surface area (Å²) >= 11 is 5.76. The Balaban J connectivity index is 2.12. The van der Waals surface area contributed by atoms with Crippen LogP contribution in [0.25, 0.3) is 0 Å². The lowest BCUT2D eigenvalue weighted by Gasteiger charge is -2.11. The van der Waals surface area contributed by atoms with Crippen LogP contribution in [0.5, 0.6) is 11.5 Å². The molecule has 0 heterocycles. The van der Waals surface area contributed by atoms with Crippen LogP contribution in [0.4, 0.5) is 11.4 Å². The summed E-state index contributed by atoms with van der Waals surface area (Å²) in [6.45, 7) is 1.32. The second-order valence-electron chi connectivity index (χ2n) is 5.34. The molecular weight excluding hydrogens is 392 g/mol. The van der Waals surface area contributed by atoms with E-state index in [-0.39, 0.29) is 23.7 Å². The Morgan fingerprint density at radius 3 is 2.43 bits per heavy atom. The van der Waals surface area contributed by atoms with Gasteiger partial charge in [0.2, 0.25) is 0 Å². The van der Waals surface area contributed by atoms with Crippen LogP contribution in [0.2, 0.25) is 5.02 Å². The van der Waals surface area contributed by atoms with E-state index < -0.39 is 29.1 Å². The molecule has 0 radical (unpaired) electrons. The van der Waals surface area contributed by atoms with Crippen LogP contribution < -0.4 is 14.8 Å². The molecule has 2 rings (SSSR count). The van der Waals surface area contributed by atoms with E-state index in [4.69, 9.17) is 25.8 Å². The van der Waals surface area contributed by atoms with Crippen LogP contribution in [-0.2, 0) is 9.53 Å². The predicted octanol–water partition coefficient (Wildman–Crippen LogP) is 3.45. The molecule has 0 aromatic heterocycles. The minimum Gasteiger partial charge on any atom is -0.493 e. The van der Waals surface area contributed by atoms with Gasteiger partial charge in [0.05, 0.1) is 24.7 Å². The molecule has 0 atom stereocenters. The summed E-state index contributed by atoms with van der Waals surface area (Å²) in [7, 11) is 1.33. The van der Waals surface area contributed by atoms with Crippen LogP contribution in [0.15, 0.2) is 36.4 Å². The van der Waals surface area contributed by atoms with Crippen molar-refractivity contribution in [1.29, 1.82) is 0 Å². The highest BCUT2D eigenvalue weighted by atomic mass is 35.5. The number of rotatable bonds is 8. The lowest BCUT2D eigenvalue weighted by Crippen LogP contribution is -2.21. The van der Waals surface area contributed by atoms with Crippen molar-refractivity contribution < 1.29 is 28.7 Å². The van der Waals surface area contributed by atoms with Gasteiger partial charge in [-0.25, -0.2) is 4.79 Å². The van der Waals surface area contributed by atoms with E-state index in [0.717, 1.165) is 12.1 Å². The number of nitrogens with one attached hydrogen (secondary N) is 1. The number of ether oxygens (including phenoxy) is 3. The quantitative estimate of drug-likeness (QED) is 0.403. The average Bonchev–Trinajstić information content (AvgIpc) is 2.67. The molecule has 0 saturated carbocycles. The summed E-state index contributed by atoms with van der Waals surface area (Å²) < 4.78 is 15.3. The molecule has 28 heavy (non-hydrogen) atoms. The fourth-order valence-electron chi connectivity index (χ4n) is 2.23. The van der Waals surface area contributed by atoms with E-state index >= 15 is 0 Å². The molecule has 1 amide bonds. The monoisotopic (exact) mass is 408 g/mol. The molecular formula is C18H17ClN2O7. The Labute approximate surface area is 165 Å². The number of anilines is 1. The number of nitro benzene ring substituents is 1. The van der Waals surface area contributed by atoms with E-state index in [1.165, 1.54) is 7.11 Å². The number of nitrogens with zero attached hydrogens (tertiary/aromatic N) is 1. The highest BCUT2D eigenvalue weighted by Crippen LogP contribution is 2.35. The van der Waals surface area contributed by atoms with Crippen LogP contribution in [-0.4, -0.2) is 37.1 Å². The first-order chi connectivity index (χ1) is 13.3. The summed E-state index contributed by atoms with van der Waals surface area (Å²) in [5, 5.41) is 14.3. The minimum atomic E-state index is -1.04. The van der Waals surface area contributed by atoms with Gasteiger partial charge in [-0.3, -0.25) is 14.9 Å². The highest BCUT2D eigenvalue weighted by molar-refractivity contribution is 6.30. The lowest BCUT2D eigenvalue weighted by molar-refractivity contribution is -0.385. The maximum absolute atomic E-state index is 12.3. The number of hydrogen-bond acceptors (Lipinski definition) is 7. The Kier molecular flexibility index (Phi) is 7.16. The molecule has 0 bridgehead atoms. The summed E-state index contributed by atoms with van der Waals surface area (Å²) in [5.41, 5.74) is -0.420. The minimum absolute atomic E-state index is 0.119. The fraction of sp³-hybridized carbons (Fsp3) is 0.222. The lowest BCUT2D eigenvalue weighted by atomic mass is 10.1. The number of hydrogen-bond donors (Lipinski definition) is 1. The molecule has 10 heteroatoms. The van der Waals surface area contributed by atoms with E-state index in [2.05, 4.69) is 5.32 Å². The Morgan fingerprint density at radius 1 is 1.18 bits per heavy atom. The Bertz CT molecular complexity index is 884. The van der Waals surface area contributed by atoms with Gasteiger partial charge < -0.3 is 19.5 Å². The third-order valence-corrected chi connectivity index (χ3v) is 3.71. The summed E-state index contributed by atoms with van der Waals surface area (Å²) in [5.74, 6) is -1.41. The van der Waals surface area contributed by atoms with Gasteiger partial charge >= 0.3 is 5.97 Å². The van der Waals surface area contributed by atoms with Crippen LogP contribution in [0.3, 0.4) is 0 Å². The van der Waals surface area contributed by atoms with Crippen molar-refractivity contribution in [1.82, 2.24) is 0 Å². The third-order valence-electron chi connectivity index (χ3n) is 3.46. The molecule has 0 fully saturated rings. The fourth-order valence-corrected chi connectivity index (χ4v) is 2.36. The number of halogens is 1. The molecule has 0 saturated heterocycles. The van der Waals surface area contributed by atoms with E-state index in [1.807, 2.05) is 0 Å². The smallest absolute Gasteiger partial charge is 0.345 e. The molecule has 0 aliphatic rings.